The van der Waals surface area contributed by atoms with Gasteiger partial charge in [-0.2, -0.15) is 0 Å². The lowest BCUT2D eigenvalue weighted by atomic mass is 10.1. The Hall–Kier alpha value is -1.47. The van der Waals surface area contributed by atoms with Crippen LogP contribution in [0.2, 0.25) is 0 Å². The molecule has 0 aromatic heterocycles. The third-order valence-corrected chi connectivity index (χ3v) is 4.96. The van der Waals surface area contributed by atoms with Gasteiger partial charge in [0.15, 0.2) is 0 Å². The van der Waals surface area contributed by atoms with Gasteiger partial charge in [-0.1, -0.05) is 30.3 Å². The molecule has 0 bridgehead atoms. The fourth-order valence-corrected chi connectivity index (χ4v) is 3.47. The first kappa shape index (κ1) is 14.5. The van der Waals surface area contributed by atoms with Crippen molar-refractivity contribution in [3.63, 3.8) is 0 Å². The molecule has 0 radical (unpaired) electrons. The van der Waals surface area contributed by atoms with E-state index in [1.165, 1.54) is 0 Å². The van der Waals surface area contributed by atoms with E-state index in [9.17, 15) is 8.42 Å². The highest BCUT2D eigenvalue weighted by atomic mass is 32.2. The lowest BCUT2D eigenvalue weighted by Gasteiger charge is -2.23. The molecule has 6 heteroatoms. The molecule has 2 aromatic rings. The van der Waals surface area contributed by atoms with Crippen LogP contribution in [0.25, 0.3) is 10.8 Å². The Morgan fingerprint density at radius 1 is 1.19 bits per heavy atom. The van der Waals surface area contributed by atoms with E-state index in [0.717, 1.165) is 17.3 Å². The van der Waals surface area contributed by atoms with Crippen LogP contribution in [0.5, 0.6) is 0 Å². The molecular formula is C15H18N2O3S. The molecule has 3 rings (SSSR count). The third-order valence-electron chi connectivity index (χ3n) is 3.54. The SMILES string of the molecule is O=S(=O)(NCC1CNCCO1)c1ccc2ccccc2c1. The standard InChI is InChI=1S/C15H18N2O3S/c18-21(19,17-11-14-10-16-7-8-20-14)15-6-5-12-3-1-2-4-13(12)9-15/h1-6,9,14,16-17H,7-8,10-11H2. The monoisotopic (exact) mass is 306 g/mol. The molecule has 2 aromatic carbocycles. The molecule has 0 saturated carbocycles. The van der Waals surface area contributed by atoms with Gasteiger partial charge >= 0.3 is 0 Å². The Balaban J connectivity index is 1.76. The van der Waals surface area contributed by atoms with Gasteiger partial charge in [0.2, 0.25) is 10.0 Å². The summed E-state index contributed by atoms with van der Waals surface area (Å²) in [6.45, 7) is 2.37. The summed E-state index contributed by atoms with van der Waals surface area (Å²) in [6, 6.07) is 12.8. The minimum atomic E-state index is -3.51. The number of ether oxygens (including phenoxy) is 1. The van der Waals surface area contributed by atoms with Crippen LogP contribution in [-0.2, 0) is 14.8 Å². The van der Waals surface area contributed by atoms with E-state index in [1.54, 1.807) is 12.1 Å². The molecule has 1 heterocycles. The van der Waals surface area contributed by atoms with Crippen LogP contribution < -0.4 is 10.0 Å². The Labute approximate surface area is 124 Å². The second kappa shape index (κ2) is 6.11. The van der Waals surface area contributed by atoms with Gasteiger partial charge in [-0.05, 0) is 22.9 Å². The summed E-state index contributed by atoms with van der Waals surface area (Å²) in [6.07, 6.45) is -0.117. The molecule has 0 aliphatic carbocycles. The van der Waals surface area contributed by atoms with Crippen molar-refractivity contribution < 1.29 is 13.2 Å². The first-order chi connectivity index (χ1) is 10.1. The normalized spacial score (nSPS) is 19.7. The van der Waals surface area contributed by atoms with E-state index in [0.29, 0.717) is 13.2 Å². The molecule has 1 saturated heterocycles. The zero-order valence-corrected chi connectivity index (χ0v) is 12.4. The van der Waals surface area contributed by atoms with Gasteiger partial charge in [-0.3, -0.25) is 0 Å². The maximum atomic E-state index is 12.3. The zero-order valence-electron chi connectivity index (χ0n) is 11.6. The first-order valence-electron chi connectivity index (χ1n) is 6.96. The van der Waals surface area contributed by atoms with Gasteiger partial charge in [0.25, 0.3) is 0 Å². The molecule has 112 valence electrons. The van der Waals surface area contributed by atoms with Crippen LogP contribution in [0, 0.1) is 0 Å². The van der Waals surface area contributed by atoms with Crippen LogP contribution in [0.15, 0.2) is 47.4 Å². The molecule has 5 nitrogen and oxygen atoms in total. The lowest BCUT2D eigenvalue weighted by molar-refractivity contribution is 0.0324. The van der Waals surface area contributed by atoms with Gasteiger partial charge in [-0.25, -0.2) is 13.1 Å². The number of benzene rings is 2. The second-order valence-electron chi connectivity index (χ2n) is 5.06. The Morgan fingerprint density at radius 2 is 2.00 bits per heavy atom. The molecule has 1 aliphatic heterocycles. The smallest absolute Gasteiger partial charge is 0.240 e. The molecule has 1 unspecified atom stereocenters. The van der Waals surface area contributed by atoms with E-state index in [2.05, 4.69) is 10.0 Å². The van der Waals surface area contributed by atoms with E-state index in [-0.39, 0.29) is 17.5 Å². The van der Waals surface area contributed by atoms with Crippen LogP contribution in [0.1, 0.15) is 0 Å². The molecule has 21 heavy (non-hydrogen) atoms. The van der Waals surface area contributed by atoms with Crippen molar-refractivity contribution in [2.75, 3.05) is 26.2 Å². The first-order valence-corrected chi connectivity index (χ1v) is 8.44. The maximum Gasteiger partial charge on any atom is 0.240 e. The molecule has 1 fully saturated rings. The predicted octanol–water partition coefficient (Wildman–Crippen LogP) is 1.11. The van der Waals surface area contributed by atoms with Gasteiger partial charge in [-0.15, -0.1) is 0 Å². The highest BCUT2D eigenvalue weighted by molar-refractivity contribution is 7.89. The van der Waals surface area contributed by atoms with Crippen molar-refractivity contribution in [1.82, 2.24) is 10.0 Å². The number of morpholine rings is 1. The number of hydrogen-bond donors (Lipinski definition) is 2. The molecule has 0 amide bonds. The van der Waals surface area contributed by atoms with Crippen LogP contribution in [0.3, 0.4) is 0 Å². The largest absolute Gasteiger partial charge is 0.374 e. The van der Waals surface area contributed by atoms with Crippen LogP contribution >= 0.6 is 0 Å². The van der Waals surface area contributed by atoms with Gasteiger partial charge < -0.3 is 10.1 Å². The third kappa shape index (κ3) is 3.41. The summed E-state index contributed by atoms with van der Waals surface area (Å²) in [4.78, 5) is 0.282. The summed E-state index contributed by atoms with van der Waals surface area (Å²) in [5.41, 5.74) is 0. The number of rotatable bonds is 4. The summed E-state index contributed by atoms with van der Waals surface area (Å²) in [7, 11) is -3.51. The molecule has 0 spiro atoms. The molecule has 1 atom stereocenters. The summed E-state index contributed by atoms with van der Waals surface area (Å²) in [5, 5.41) is 5.11. The summed E-state index contributed by atoms with van der Waals surface area (Å²) >= 11 is 0. The summed E-state index contributed by atoms with van der Waals surface area (Å²) < 4.78 is 32.8. The number of nitrogens with one attached hydrogen (secondary N) is 2. The topological polar surface area (TPSA) is 67.4 Å². The van der Waals surface area contributed by atoms with E-state index >= 15 is 0 Å². The Kier molecular flexibility index (Phi) is 4.21. The van der Waals surface area contributed by atoms with E-state index < -0.39 is 10.0 Å². The van der Waals surface area contributed by atoms with Gasteiger partial charge in [0.05, 0.1) is 17.6 Å². The zero-order chi connectivity index (χ0) is 14.7. The van der Waals surface area contributed by atoms with Crippen molar-refractivity contribution in [1.29, 1.82) is 0 Å². The second-order valence-corrected chi connectivity index (χ2v) is 6.82. The van der Waals surface area contributed by atoms with Crippen molar-refractivity contribution in [2.24, 2.45) is 0 Å². The number of sulfonamides is 1. The Morgan fingerprint density at radius 3 is 2.76 bits per heavy atom. The number of hydrogen-bond acceptors (Lipinski definition) is 4. The number of fused-ring (bicyclic) bond motifs is 1. The highest BCUT2D eigenvalue weighted by Crippen LogP contribution is 2.18. The molecular weight excluding hydrogens is 288 g/mol. The van der Waals surface area contributed by atoms with Gasteiger partial charge in [0, 0.05) is 19.6 Å². The lowest BCUT2D eigenvalue weighted by Crippen LogP contribution is -2.45. The van der Waals surface area contributed by atoms with Crippen molar-refractivity contribution in [3.05, 3.63) is 42.5 Å². The van der Waals surface area contributed by atoms with Crippen LogP contribution in [0.4, 0.5) is 0 Å². The molecule has 2 N–H and O–H groups in total. The van der Waals surface area contributed by atoms with Crippen molar-refractivity contribution in [2.45, 2.75) is 11.0 Å². The minimum absolute atomic E-state index is 0.117. The maximum absolute atomic E-state index is 12.3. The predicted molar refractivity (Wildman–Crippen MR) is 81.7 cm³/mol. The fourth-order valence-electron chi connectivity index (χ4n) is 2.37. The molecule has 1 aliphatic rings. The quantitative estimate of drug-likeness (QED) is 0.888. The average molecular weight is 306 g/mol. The van der Waals surface area contributed by atoms with Crippen molar-refractivity contribution in [3.8, 4) is 0 Å². The minimum Gasteiger partial charge on any atom is -0.374 e. The van der Waals surface area contributed by atoms with E-state index in [1.807, 2.05) is 30.3 Å². The highest BCUT2D eigenvalue weighted by Gasteiger charge is 2.19. The average Bonchev–Trinajstić information content (AvgIpc) is 2.53. The van der Waals surface area contributed by atoms with Gasteiger partial charge in [0.1, 0.15) is 0 Å². The summed E-state index contributed by atoms with van der Waals surface area (Å²) in [5.74, 6) is 0. The fraction of sp³-hybridized carbons (Fsp3) is 0.333. The Bertz CT molecular complexity index is 725. The van der Waals surface area contributed by atoms with E-state index in [4.69, 9.17) is 4.74 Å². The van der Waals surface area contributed by atoms with Crippen LogP contribution in [-0.4, -0.2) is 40.8 Å². The van der Waals surface area contributed by atoms with Crippen molar-refractivity contribution >= 4 is 20.8 Å².